The Balaban J connectivity index is 2.27. The summed E-state index contributed by atoms with van der Waals surface area (Å²) in [6, 6.07) is 1.56. The highest BCUT2D eigenvalue weighted by Crippen LogP contribution is 2.41. The first-order valence-electron chi connectivity index (χ1n) is 6.44. The maximum absolute atomic E-state index is 11.8. The maximum atomic E-state index is 11.8. The summed E-state index contributed by atoms with van der Waals surface area (Å²) < 4.78 is 5.73. The first kappa shape index (κ1) is 13.1. The van der Waals surface area contributed by atoms with Crippen LogP contribution in [0.2, 0.25) is 0 Å². The summed E-state index contributed by atoms with van der Waals surface area (Å²) in [5.74, 6) is 1.79. The monoisotopic (exact) mass is 250 g/mol. The van der Waals surface area contributed by atoms with Crippen LogP contribution in [0.15, 0.2) is 10.5 Å². The van der Waals surface area contributed by atoms with Gasteiger partial charge in [-0.25, -0.2) is 0 Å². The molecule has 0 saturated carbocycles. The maximum Gasteiger partial charge on any atom is 0.237 e. The number of aryl methyl sites for hydroxylation is 1. The number of nitrogens with two attached hydrogens (primary N) is 1. The van der Waals surface area contributed by atoms with E-state index >= 15 is 0 Å². The zero-order chi connectivity index (χ0) is 13.5. The van der Waals surface area contributed by atoms with Gasteiger partial charge in [0, 0.05) is 12.0 Å². The van der Waals surface area contributed by atoms with Gasteiger partial charge >= 0.3 is 0 Å². The van der Waals surface area contributed by atoms with Crippen LogP contribution in [0.1, 0.15) is 50.3 Å². The van der Waals surface area contributed by atoms with E-state index < -0.39 is 6.04 Å². The van der Waals surface area contributed by atoms with E-state index in [-0.39, 0.29) is 17.4 Å². The van der Waals surface area contributed by atoms with Crippen LogP contribution in [0.25, 0.3) is 0 Å². The van der Waals surface area contributed by atoms with Gasteiger partial charge in [-0.15, -0.1) is 0 Å². The molecule has 0 aromatic carbocycles. The molecule has 1 amide bonds. The van der Waals surface area contributed by atoms with E-state index in [1.165, 1.54) is 0 Å². The van der Waals surface area contributed by atoms with Crippen molar-refractivity contribution in [2.24, 2.45) is 11.1 Å². The zero-order valence-electron chi connectivity index (χ0n) is 11.5. The molecule has 2 rings (SSSR count). The minimum atomic E-state index is -0.480. The highest BCUT2D eigenvalue weighted by molar-refractivity contribution is 5.81. The summed E-state index contributed by atoms with van der Waals surface area (Å²) in [5, 5.41) is 3.02. The molecule has 1 aromatic rings. The molecule has 0 fully saturated rings. The summed E-state index contributed by atoms with van der Waals surface area (Å²) in [6.45, 7) is 8.03. The van der Waals surface area contributed by atoms with Gasteiger partial charge in [0.1, 0.15) is 11.5 Å². The molecule has 1 aliphatic carbocycles. The molecule has 4 nitrogen and oxygen atoms in total. The van der Waals surface area contributed by atoms with Crippen molar-refractivity contribution < 1.29 is 9.21 Å². The van der Waals surface area contributed by atoms with Gasteiger partial charge in [0.15, 0.2) is 0 Å². The van der Waals surface area contributed by atoms with Crippen molar-refractivity contribution >= 4 is 5.91 Å². The van der Waals surface area contributed by atoms with Crippen LogP contribution in [0, 0.1) is 12.3 Å². The third-order valence-corrected chi connectivity index (χ3v) is 3.47. The highest BCUT2D eigenvalue weighted by Gasteiger charge is 2.35. The average molecular weight is 250 g/mol. The van der Waals surface area contributed by atoms with Gasteiger partial charge in [-0.05, 0) is 31.7 Å². The third-order valence-electron chi connectivity index (χ3n) is 3.47. The van der Waals surface area contributed by atoms with Crippen LogP contribution in [0.5, 0.6) is 0 Å². The van der Waals surface area contributed by atoms with Gasteiger partial charge in [0.05, 0.1) is 12.1 Å². The number of carbonyl (C=O) groups is 1. The van der Waals surface area contributed by atoms with Crippen LogP contribution in [0.4, 0.5) is 0 Å². The number of amides is 1. The summed E-state index contributed by atoms with van der Waals surface area (Å²) in [4.78, 5) is 11.8. The molecular formula is C14H22N2O2. The van der Waals surface area contributed by atoms with Crippen LogP contribution in [-0.2, 0) is 11.2 Å². The predicted octanol–water partition coefficient (Wildman–Crippen LogP) is 2.06. The number of carbonyl (C=O) groups excluding carboxylic acids is 1. The Bertz CT molecular complexity index is 460. The van der Waals surface area contributed by atoms with Crippen molar-refractivity contribution in [1.29, 1.82) is 0 Å². The Hall–Kier alpha value is -1.29. The normalized spacial score (nSPS) is 23.3. The first-order chi connectivity index (χ1) is 8.28. The van der Waals surface area contributed by atoms with Crippen LogP contribution in [0.3, 0.4) is 0 Å². The molecular weight excluding hydrogens is 228 g/mol. The van der Waals surface area contributed by atoms with E-state index in [1.54, 1.807) is 6.92 Å². The van der Waals surface area contributed by atoms with Crippen molar-refractivity contribution in [2.45, 2.75) is 52.6 Å². The van der Waals surface area contributed by atoms with Crippen molar-refractivity contribution in [3.05, 3.63) is 23.2 Å². The molecule has 4 heteroatoms. The van der Waals surface area contributed by atoms with Gasteiger partial charge in [-0.3, -0.25) is 4.79 Å². The lowest BCUT2D eigenvalue weighted by atomic mass is 9.74. The van der Waals surface area contributed by atoms with E-state index in [0.717, 1.165) is 29.9 Å². The zero-order valence-corrected chi connectivity index (χ0v) is 11.5. The second-order valence-electron chi connectivity index (χ2n) is 6.13. The second kappa shape index (κ2) is 4.43. The molecule has 1 aromatic heterocycles. The lowest BCUT2D eigenvalue weighted by Gasteiger charge is -2.35. The number of furan rings is 1. The fraction of sp³-hybridized carbons (Fsp3) is 0.643. The highest BCUT2D eigenvalue weighted by atomic mass is 16.3. The van der Waals surface area contributed by atoms with E-state index in [0.29, 0.717) is 0 Å². The van der Waals surface area contributed by atoms with Gasteiger partial charge in [0.2, 0.25) is 5.91 Å². The quantitative estimate of drug-likeness (QED) is 0.844. The average Bonchev–Trinajstić information content (AvgIpc) is 2.56. The molecule has 0 radical (unpaired) electrons. The molecule has 2 atom stereocenters. The van der Waals surface area contributed by atoms with Gasteiger partial charge in [-0.2, -0.15) is 0 Å². The van der Waals surface area contributed by atoms with Crippen molar-refractivity contribution in [1.82, 2.24) is 5.32 Å². The fourth-order valence-electron chi connectivity index (χ4n) is 2.62. The van der Waals surface area contributed by atoms with Gasteiger partial charge < -0.3 is 15.5 Å². The SMILES string of the molecule is Cc1cc2c(o1)CC(C)(C)CC2NC(=O)[C@H](C)N. The molecule has 1 aliphatic rings. The molecule has 100 valence electrons. The molecule has 0 aliphatic heterocycles. The summed E-state index contributed by atoms with van der Waals surface area (Å²) in [5.41, 5.74) is 6.85. The Kier molecular flexibility index (Phi) is 3.23. The first-order valence-corrected chi connectivity index (χ1v) is 6.44. The third kappa shape index (κ3) is 2.58. The van der Waals surface area contributed by atoms with Crippen LogP contribution in [-0.4, -0.2) is 11.9 Å². The van der Waals surface area contributed by atoms with Crippen LogP contribution < -0.4 is 11.1 Å². The molecule has 1 unspecified atom stereocenters. The van der Waals surface area contributed by atoms with E-state index in [9.17, 15) is 4.79 Å². The minimum absolute atomic E-state index is 0.0136. The smallest absolute Gasteiger partial charge is 0.237 e. The second-order valence-corrected chi connectivity index (χ2v) is 6.13. The number of hydrogen-bond acceptors (Lipinski definition) is 3. The molecule has 3 N–H and O–H groups in total. The molecule has 18 heavy (non-hydrogen) atoms. The topological polar surface area (TPSA) is 68.3 Å². The summed E-state index contributed by atoms with van der Waals surface area (Å²) in [6.07, 6.45) is 1.83. The minimum Gasteiger partial charge on any atom is -0.466 e. The Morgan fingerprint density at radius 3 is 2.89 bits per heavy atom. The molecule has 0 spiro atoms. The van der Waals surface area contributed by atoms with Crippen molar-refractivity contribution in [3.8, 4) is 0 Å². The Morgan fingerprint density at radius 1 is 1.61 bits per heavy atom. The largest absolute Gasteiger partial charge is 0.466 e. The van der Waals surface area contributed by atoms with Crippen molar-refractivity contribution in [3.63, 3.8) is 0 Å². The lowest BCUT2D eigenvalue weighted by molar-refractivity contribution is -0.123. The van der Waals surface area contributed by atoms with E-state index in [2.05, 4.69) is 19.2 Å². The number of hydrogen-bond donors (Lipinski definition) is 2. The summed E-state index contributed by atoms with van der Waals surface area (Å²) in [7, 11) is 0. The van der Waals surface area contributed by atoms with Gasteiger partial charge in [0.25, 0.3) is 0 Å². The summed E-state index contributed by atoms with van der Waals surface area (Å²) >= 11 is 0. The fourth-order valence-corrected chi connectivity index (χ4v) is 2.62. The number of fused-ring (bicyclic) bond motifs is 1. The van der Waals surface area contributed by atoms with E-state index in [1.807, 2.05) is 13.0 Å². The Labute approximate surface area is 108 Å². The molecule has 0 bridgehead atoms. The number of nitrogens with one attached hydrogen (secondary N) is 1. The molecule has 0 saturated heterocycles. The van der Waals surface area contributed by atoms with E-state index in [4.69, 9.17) is 10.2 Å². The number of rotatable bonds is 2. The molecule has 1 heterocycles. The van der Waals surface area contributed by atoms with Gasteiger partial charge in [-0.1, -0.05) is 13.8 Å². The van der Waals surface area contributed by atoms with Crippen molar-refractivity contribution in [2.75, 3.05) is 0 Å². The predicted molar refractivity (Wildman–Crippen MR) is 70.1 cm³/mol. The lowest BCUT2D eigenvalue weighted by Crippen LogP contribution is -2.43. The standard InChI is InChI=1S/C14H22N2O2/c1-8-5-10-11(16-13(17)9(2)15)6-14(3,4)7-12(10)18-8/h5,9,11H,6-7,15H2,1-4H3,(H,16,17)/t9-,11?/m0/s1. The Morgan fingerprint density at radius 2 is 2.28 bits per heavy atom. The van der Waals surface area contributed by atoms with Crippen LogP contribution >= 0.6 is 0 Å².